The van der Waals surface area contributed by atoms with Gasteiger partial charge in [0.15, 0.2) is 0 Å². The summed E-state index contributed by atoms with van der Waals surface area (Å²) in [5, 5.41) is 8.89. The normalized spacial score (nSPS) is 22.9. The van der Waals surface area contributed by atoms with Crippen molar-refractivity contribution >= 4 is 5.97 Å². The molecule has 3 nitrogen and oxygen atoms in total. The summed E-state index contributed by atoms with van der Waals surface area (Å²) in [7, 11) is 0. The number of benzene rings is 1. The standard InChI is InChI=1S/C13H16O3/c1-3-16-9-4-5-10(8(2)6-9)11-7-12(11)13(14)15/h4-6,11-12H,3,7H2,1-2H3,(H,14,15). The third-order valence-corrected chi connectivity index (χ3v) is 3.06. The van der Waals surface area contributed by atoms with Crippen LogP contribution < -0.4 is 4.74 Å². The summed E-state index contributed by atoms with van der Waals surface area (Å²) in [6, 6.07) is 5.90. The summed E-state index contributed by atoms with van der Waals surface area (Å²) >= 11 is 0. The van der Waals surface area contributed by atoms with Crippen LogP contribution in [0.25, 0.3) is 0 Å². The fourth-order valence-corrected chi connectivity index (χ4v) is 2.13. The Labute approximate surface area is 95.0 Å². The van der Waals surface area contributed by atoms with E-state index in [1.165, 1.54) is 0 Å². The molecule has 2 rings (SSSR count). The number of rotatable bonds is 4. The van der Waals surface area contributed by atoms with E-state index in [1.807, 2.05) is 32.0 Å². The van der Waals surface area contributed by atoms with Crippen LogP contribution in [0.4, 0.5) is 0 Å². The average molecular weight is 220 g/mol. The summed E-state index contributed by atoms with van der Waals surface area (Å²) in [4.78, 5) is 10.8. The lowest BCUT2D eigenvalue weighted by atomic mass is 10.0. The maximum absolute atomic E-state index is 10.8. The molecule has 0 radical (unpaired) electrons. The topological polar surface area (TPSA) is 46.5 Å². The van der Waals surface area contributed by atoms with Crippen molar-refractivity contribution in [1.82, 2.24) is 0 Å². The first-order valence-electron chi connectivity index (χ1n) is 5.59. The smallest absolute Gasteiger partial charge is 0.307 e. The van der Waals surface area contributed by atoms with Crippen molar-refractivity contribution in [2.24, 2.45) is 5.92 Å². The molecule has 2 atom stereocenters. The lowest BCUT2D eigenvalue weighted by Crippen LogP contribution is -2.00. The maximum Gasteiger partial charge on any atom is 0.307 e. The van der Waals surface area contributed by atoms with Gasteiger partial charge in [0.25, 0.3) is 0 Å². The van der Waals surface area contributed by atoms with E-state index in [-0.39, 0.29) is 11.8 Å². The minimum absolute atomic E-state index is 0.184. The lowest BCUT2D eigenvalue weighted by molar-refractivity contribution is -0.138. The molecule has 1 aliphatic carbocycles. The lowest BCUT2D eigenvalue weighted by Gasteiger charge is -2.08. The number of aryl methyl sites for hydroxylation is 1. The first kappa shape index (κ1) is 11.0. The van der Waals surface area contributed by atoms with Gasteiger partial charge in [-0.25, -0.2) is 0 Å². The van der Waals surface area contributed by atoms with Gasteiger partial charge in [-0.3, -0.25) is 4.79 Å². The van der Waals surface area contributed by atoms with Crippen LogP contribution in [-0.4, -0.2) is 17.7 Å². The van der Waals surface area contributed by atoms with Crippen LogP contribution in [0, 0.1) is 12.8 Å². The molecule has 0 spiro atoms. The van der Waals surface area contributed by atoms with Crippen molar-refractivity contribution in [3.63, 3.8) is 0 Å². The molecule has 0 amide bonds. The van der Waals surface area contributed by atoms with Gasteiger partial charge in [-0.1, -0.05) is 6.07 Å². The molecule has 86 valence electrons. The second-order valence-corrected chi connectivity index (χ2v) is 4.24. The van der Waals surface area contributed by atoms with E-state index in [9.17, 15) is 4.79 Å². The van der Waals surface area contributed by atoms with Crippen molar-refractivity contribution in [2.75, 3.05) is 6.61 Å². The molecule has 0 bridgehead atoms. The van der Waals surface area contributed by atoms with Gasteiger partial charge < -0.3 is 9.84 Å². The summed E-state index contributed by atoms with van der Waals surface area (Å²) in [6.07, 6.45) is 0.768. The number of carboxylic acid groups (broad SMARTS) is 1. The van der Waals surface area contributed by atoms with Gasteiger partial charge in [-0.15, -0.1) is 0 Å². The summed E-state index contributed by atoms with van der Waals surface area (Å²) < 4.78 is 5.40. The van der Waals surface area contributed by atoms with E-state index in [4.69, 9.17) is 9.84 Å². The number of hydrogen-bond donors (Lipinski definition) is 1. The molecular formula is C13H16O3. The van der Waals surface area contributed by atoms with E-state index < -0.39 is 5.97 Å². The molecular weight excluding hydrogens is 204 g/mol. The number of carbonyl (C=O) groups is 1. The van der Waals surface area contributed by atoms with E-state index in [0.29, 0.717) is 6.61 Å². The summed E-state index contributed by atoms with van der Waals surface area (Å²) in [5.74, 6) is 0.194. The fourth-order valence-electron chi connectivity index (χ4n) is 2.13. The Hall–Kier alpha value is -1.51. The molecule has 2 unspecified atom stereocenters. The molecule has 1 aromatic carbocycles. The summed E-state index contributed by atoms with van der Waals surface area (Å²) in [5.41, 5.74) is 2.27. The minimum atomic E-state index is -0.682. The molecule has 0 aromatic heterocycles. The highest BCUT2D eigenvalue weighted by Crippen LogP contribution is 2.48. The van der Waals surface area contributed by atoms with Crippen LogP contribution >= 0.6 is 0 Å². The van der Waals surface area contributed by atoms with Crippen LogP contribution in [0.2, 0.25) is 0 Å². The van der Waals surface area contributed by atoms with Gasteiger partial charge in [-0.05, 0) is 49.4 Å². The molecule has 1 N–H and O–H groups in total. The van der Waals surface area contributed by atoms with E-state index in [1.54, 1.807) is 0 Å². The van der Waals surface area contributed by atoms with Gasteiger partial charge >= 0.3 is 5.97 Å². The molecule has 3 heteroatoms. The molecule has 1 saturated carbocycles. The van der Waals surface area contributed by atoms with Crippen molar-refractivity contribution in [3.8, 4) is 5.75 Å². The molecule has 1 fully saturated rings. The summed E-state index contributed by atoms with van der Waals surface area (Å²) in [6.45, 7) is 4.61. The fraction of sp³-hybridized carbons (Fsp3) is 0.462. The zero-order chi connectivity index (χ0) is 11.7. The molecule has 0 aliphatic heterocycles. The van der Waals surface area contributed by atoms with E-state index in [0.717, 1.165) is 23.3 Å². The van der Waals surface area contributed by atoms with E-state index in [2.05, 4.69) is 0 Å². The van der Waals surface area contributed by atoms with Crippen LogP contribution in [0.5, 0.6) is 5.75 Å². The Morgan fingerprint density at radius 1 is 1.56 bits per heavy atom. The van der Waals surface area contributed by atoms with Gasteiger partial charge in [0.2, 0.25) is 0 Å². The van der Waals surface area contributed by atoms with Crippen molar-refractivity contribution in [3.05, 3.63) is 29.3 Å². The third-order valence-electron chi connectivity index (χ3n) is 3.06. The Bertz CT molecular complexity index is 412. The van der Waals surface area contributed by atoms with Crippen LogP contribution in [0.15, 0.2) is 18.2 Å². The number of carboxylic acids is 1. The predicted octanol–water partition coefficient (Wildman–Crippen LogP) is 2.58. The van der Waals surface area contributed by atoms with E-state index >= 15 is 0 Å². The van der Waals surface area contributed by atoms with Gasteiger partial charge in [-0.2, -0.15) is 0 Å². The van der Waals surface area contributed by atoms with Crippen LogP contribution in [0.3, 0.4) is 0 Å². The second kappa shape index (κ2) is 4.16. The van der Waals surface area contributed by atoms with Crippen molar-refractivity contribution in [2.45, 2.75) is 26.2 Å². The second-order valence-electron chi connectivity index (χ2n) is 4.24. The Balaban J connectivity index is 2.15. The molecule has 16 heavy (non-hydrogen) atoms. The Kier molecular flexibility index (Phi) is 2.86. The Morgan fingerprint density at radius 3 is 2.81 bits per heavy atom. The van der Waals surface area contributed by atoms with Gasteiger partial charge in [0, 0.05) is 0 Å². The SMILES string of the molecule is CCOc1ccc(C2CC2C(=O)O)c(C)c1. The first-order valence-corrected chi connectivity index (χ1v) is 5.59. The number of aliphatic carboxylic acids is 1. The number of hydrogen-bond acceptors (Lipinski definition) is 2. The van der Waals surface area contributed by atoms with Crippen LogP contribution in [-0.2, 0) is 4.79 Å². The predicted molar refractivity (Wildman–Crippen MR) is 60.8 cm³/mol. The Morgan fingerprint density at radius 2 is 2.31 bits per heavy atom. The van der Waals surface area contributed by atoms with Gasteiger partial charge in [0.05, 0.1) is 12.5 Å². The highest BCUT2D eigenvalue weighted by atomic mass is 16.5. The largest absolute Gasteiger partial charge is 0.494 e. The molecule has 1 aliphatic rings. The molecule has 0 heterocycles. The third kappa shape index (κ3) is 2.03. The number of ether oxygens (including phenoxy) is 1. The van der Waals surface area contributed by atoms with Crippen molar-refractivity contribution in [1.29, 1.82) is 0 Å². The monoisotopic (exact) mass is 220 g/mol. The zero-order valence-corrected chi connectivity index (χ0v) is 9.56. The maximum atomic E-state index is 10.8. The highest BCUT2D eigenvalue weighted by Gasteiger charge is 2.44. The van der Waals surface area contributed by atoms with Gasteiger partial charge in [0.1, 0.15) is 5.75 Å². The average Bonchev–Trinajstić information content (AvgIpc) is 2.98. The minimum Gasteiger partial charge on any atom is -0.494 e. The quantitative estimate of drug-likeness (QED) is 0.848. The van der Waals surface area contributed by atoms with Crippen LogP contribution in [0.1, 0.15) is 30.4 Å². The molecule has 1 aromatic rings. The first-order chi connectivity index (χ1) is 7.63. The molecule has 0 saturated heterocycles. The van der Waals surface area contributed by atoms with Crippen molar-refractivity contribution < 1.29 is 14.6 Å². The zero-order valence-electron chi connectivity index (χ0n) is 9.56. The highest BCUT2D eigenvalue weighted by molar-refractivity contribution is 5.75.